The Morgan fingerprint density at radius 1 is 0.889 bits per heavy atom. The molecule has 187 valence electrons. The number of alkyl halides is 1. The van der Waals surface area contributed by atoms with Crippen molar-refractivity contribution in [3.05, 3.63) is 78.7 Å². The molecule has 0 amide bonds. The number of halogens is 1. The lowest BCUT2D eigenvalue weighted by molar-refractivity contribution is 0.454. The van der Waals surface area contributed by atoms with Crippen molar-refractivity contribution in [2.75, 3.05) is 0 Å². The molecule has 36 heavy (non-hydrogen) atoms. The predicted molar refractivity (Wildman–Crippen MR) is 148 cm³/mol. The van der Waals surface area contributed by atoms with Gasteiger partial charge in [0, 0.05) is 36.9 Å². The Kier molecular flexibility index (Phi) is 9.26. The Morgan fingerprint density at radius 2 is 1.53 bits per heavy atom. The third-order valence-electron chi connectivity index (χ3n) is 6.56. The summed E-state index contributed by atoms with van der Waals surface area (Å²) in [7, 11) is 4.52. The summed E-state index contributed by atoms with van der Waals surface area (Å²) in [5.74, 6) is 1.20. The standard InChI is InChI=1S/C14H16N2.C8H8BN2O2.C6H9Cl/c1-16-14-9-12(7-8-13(14)10-15-16)11-5-3-2-4-6-11;1-11-8-4-7(13-9-12)3-2-6(8)5-10-11;7-6-4-2-1-3-5-6/h3,5,7-11H,2,4,6H2,1H3;2-5,12H,1H3;2,4,6H,1,3,5H2/t11-;;/m1../s1. The molecule has 2 aliphatic carbocycles. The van der Waals surface area contributed by atoms with Gasteiger partial charge in [0.05, 0.1) is 28.8 Å². The lowest BCUT2D eigenvalue weighted by Crippen LogP contribution is -1.99. The zero-order valence-corrected chi connectivity index (χ0v) is 21.7. The van der Waals surface area contributed by atoms with Gasteiger partial charge in [-0.05, 0) is 62.3 Å². The average Bonchev–Trinajstić information content (AvgIpc) is 3.48. The van der Waals surface area contributed by atoms with E-state index in [1.807, 2.05) is 37.1 Å². The number of aromatic nitrogens is 4. The number of rotatable bonds is 3. The third-order valence-corrected chi connectivity index (χ3v) is 6.92. The number of nitrogens with zero attached hydrogens (tertiary/aromatic N) is 4. The molecule has 0 saturated carbocycles. The van der Waals surface area contributed by atoms with E-state index < -0.39 is 0 Å². The number of aryl methyl sites for hydroxylation is 2. The Hall–Kier alpha value is -3.03. The maximum Gasteiger partial charge on any atom is 0.569 e. The molecule has 6 nitrogen and oxygen atoms in total. The quantitative estimate of drug-likeness (QED) is 0.205. The van der Waals surface area contributed by atoms with Gasteiger partial charge in [-0.25, -0.2) is 0 Å². The summed E-state index contributed by atoms with van der Waals surface area (Å²) >= 11 is 5.73. The van der Waals surface area contributed by atoms with Crippen LogP contribution in [0, 0.1) is 0 Å². The molecule has 0 aliphatic heterocycles. The van der Waals surface area contributed by atoms with Crippen LogP contribution in [0.5, 0.6) is 5.75 Å². The van der Waals surface area contributed by atoms with Crippen LogP contribution in [0.25, 0.3) is 21.8 Å². The smallest absolute Gasteiger partial charge is 0.537 e. The predicted octanol–water partition coefficient (Wildman–Crippen LogP) is 6.21. The second kappa shape index (κ2) is 12.8. The fourth-order valence-electron chi connectivity index (χ4n) is 4.51. The highest BCUT2D eigenvalue weighted by atomic mass is 35.5. The molecule has 6 rings (SSSR count). The summed E-state index contributed by atoms with van der Waals surface area (Å²) in [4.78, 5) is 0. The van der Waals surface area contributed by atoms with Crippen molar-refractivity contribution in [1.29, 1.82) is 0 Å². The van der Waals surface area contributed by atoms with Crippen LogP contribution < -0.4 is 4.65 Å². The fourth-order valence-corrected chi connectivity index (χ4v) is 4.77. The molecule has 2 aromatic heterocycles. The Morgan fingerprint density at radius 3 is 2.08 bits per heavy atom. The molecule has 8 heteroatoms. The largest absolute Gasteiger partial charge is 0.569 e. The Labute approximate surface area is 218 Å². The second-order valence-corrected chi connectivity index (χ2v) is 9.70. The monoisotopic (exact) mass is 503 g/mol. The van der Waals surface area contributed by atoms with Gasteiger partial charge in [-0.15, -0.1) is 11.6 Å². The average molecular weight is 504 g/mol. The van der Waals surface area contributed by atoms with Crippen molar-refractivity contribution < 1.29 is 9.68 Å². The Bertz CT molecular complexity index is 1330. The third kappa shape index (κ3) is 6.80. The van der Waals surface area contributed by atoms with Crippen LogP contribution in [-0.2, 0) is 14.1 Å². The number of hydrogen-bond donors (Lipinski definition) is 1. The SMILES string of the molecule is ClC1C=CCCC1.Cn1ncc2ccc(O[B]O)cc21.Cn1ncc2ccc([C@@H]3C=CCCC3)cc21. The molecule has 0 fully saturated rings. The van der Waals surface area contributed by atoms with Crippen LogP contribution in [0.15, 0.2) is 73.1 Å². The van der Waals surface area contributed by atoms with Crippen LogP contribution in [0.2, 0.25) is 0 Å². The lowest BCUT2D eigenvalue weighted by atomic mass is 9.89. The number of hydrogen-bond acceptors (Lipinski definition) is 4. The van der Waals surface area contributed by atoms with Gasteiger partial charge >= 0.3 is 7.69 Å². The van der Waals surface area contributed by atoms with E-state index in [2.05, 4.69) is 52.7 Å². The molecule has 0 saturated heterocycles. The van der Waals surface area contributed by atoms with E-state index in [1.54, 1.807) is 16.9 Å². The molecular formula is C28H33BClN4O2. The van der Waals surface area contributed by atoms with Gasteiger partial charge in [-0.1, -0.05) is 36.4 Å². The highest BCUT2D eigenvalue weighted by molar-refractivity contribution is 6.21. The van der Waals surface area contributed by atoms with Gasteiger partial charge in [0.25, 0.3) is 0 Å². The molecular weight excluding hydrogens is 471 g/mol. The van der Waals surface area contributed by atoms with Gasteiger partial charge < -0.3 is 9.68 Å². The summed E-state index contributed by atoms with van der Waals surface area (Å²) in [6.45, 7) is 0. The number of fused-ring (bicyclic) bond motifs is 2. The van der Waals surface area contributed by atoms with Crippen molar-refractivity contribution >= 4 is 41.1 Å². The summed E-state index contributed by atoms with van der Waals surface area (Å²) in [5, 5.41) is 19.4. The van der Waals surface area contributed by atoms with Crippen molar-refractivity contribution in [2.24, 2.45) is 14.1 Å². The molecule has 1 N–H and O–H groups in total. The van der Waals surface area contributed by atoms with Gasteiger partial charge in [-0.2, -0.15) is 10.2 Å². The van der Waals surface area contributed by atoms with Crippen molar-refractivity contribution in [2.45, 2.75) is 49.8 Å². The van der Waals surface area contributed by atoms with E-state index in [4.69, 9.17) is 21.3 Å². The zero-order chi connectivity index (χ0) is 25.3. The molecule has 4 aromatic rings. The molecule has 2 aliphatic rings. The van der Waals surface area contributed by atoms with E-state index >= 15 is 0 Å². The normalized spacial score (nSPS) is 18.8. The summed E-state index contributed by atoms with van der Waals surface area (Å²) in [6, 6.07) is 12.2. The van der Waals surface area contributed by atoms with E-state index in [9.17, 15) is 0 Å². The first-order valence-corrected chi connectivity index (χ1v) is 12.9. The van der Waals surface area contributed by atoms with Gasteiger partial charge in [0.1, 0.15) is 5.75 Å². The maximum atomic E-state index is 8.44. The van der Waals surface area contributed by atoms with Crippen molar-refractivity contribution in [1.82, 2.24) is 19.6 Å². The highest BCUT2D eigenvalue weighted by Gasteiger charge is 2.12. The molecule has 1 radical (unpaired) electrons. The molecule has 0 spiro atoms. The van der Waals surface area contributed by atoms with Crippen LogP contribution in [-0.4, -0.2) is 37.6 Å². The van der Waals surface area contributed by atoms with Crippen LogP contribution >= 0.6 is 11.6 Å². The fraction of sp³-hybridized carbons (Fsp3) is 0.357. The molecule has 2 atom stereocenters. The molecule has 0 bridgehead atoms. The minimum atomic E-state index is 0.328. The Balaban J connectivity index is 0.000000137. The zero-order valence-electron chi connectivity index (χ0n) is 20.9. The topological polar surface area (TPSA) is 65.1 Å². The summed E-state index contributed by atoms with van der Waals surface area (Å²) in [6.07, 6.45) is 20.1. The molecule has 2 aromatic carbocycles. The molecule has 2 heterocycles. The number of benzene rings is 2. The maximum absolute atomic E-state index is 8.44. The summed E-state index contributed by atoms with van der Waals surface area (Å²) < 4.78 is 8.53. The van der Waals surface area contributed by atoms with Gasteiger partial charge in [-0.3, -0.25) is 9.36 Å². The van der Waals surface area contributed by atoms with E-state index in [-0.39, 0.29) is 0 Å². The highest BCUT2D eigenvalue weighted by Crippen LogP contribution is 2.29. The van der Waals surface area contributed by atoms with E-state index in [0.29, 0.717) is 24.7 Å². The first kappa shape index (κ1) is 26.0. The van der Waals surface area contributed by atoms with E-state index in [0.717, 1.165) is 17.3 Å². The summed E-state index contributed by atoms with van der Waals surface area (Å²) in [5.41, 5.74) is 3.63. The van der Waals surface area contributed by atoms with Gasteiger partial charge in [0.2, 0.25) is 0 Å². The first-order chi connectivity index (χ1) is 17.5. The van der Waals surface area contributed by atoms with Crippen molar-refractivity contribution in [3.63, 3.8) is 0 Å². The molecule has 1 unspecified atom stereocenters. The van der Waals surface area contributed by atoms with Crippen LogP contribution in [0.4, 0.5) is 0 Å². The van der Waals surface area contributed by atoms with Crippen LogP contribution in [0.3, 0.4) is 0 Å². The van der Waals surface area contributed by atoms with Crippen molar-refractivity contribution in [3.8, 4) is 5.75 Å². The second-order valence-electron chi connectivity index (χ2n) is 9.14. The minimum absolute atomic E-state index is 0.328. The first-order valence-electron chi connectivity index (χ1n) is 12.5. The lowest BCUT2D eigenvalue weighted by Gasteiger charge is -2.16. The minimum Gasteiger partial charge on any atom is -0.537 e. The van der Waals surface area contributed by atoms with Gasteiger partial charge in [0.15, 0.2) is 0 Å². The van der Waals surface area contributed by atoms with E-state index in [1.165, 1.54) is 48.6 Å². The van der Waals surface area contributed by atoms with Crippen LogP contribution in [0.1, 0.15) is 50.0 Å². The number of allylic oxidation sites excluding steroid dienone is 4.